The minimum absolute atomic E-state index is 0.702. The summed E-state index contributed by atoms with van der Waals surface area (Å²) in [5, 5.41) is 3.49. The van der Waals surface area contributed by atoms with Gasteiger partial charge in [-0.15, -0.1) is 0 Å². The van der Waals surface area contributed by atoms with Crippen LogP contribution in [0, 0.1) is 11.3 Å². The first kappa shape index (κ1) is 12.0. The fourth-order valence-corrected chi connectivity index (χ4v) is 3.55. The number of anilines is 1. The predicted octanol–water partition coefficient (Wildman–Crippen LogP) is 2.90. The fourth-order valence-electron chi connectivity index (χ4n) is 3.55. The Morgan fingerprint density at radius 3 is 2.61 bits per heavy atom. The molecule has 1 aromatic carbocycles. The number of piperidine rings is 1. The number of rotatable bonds is 4. The summed E-state index contributed by atoms with van der Waals surface area (Å²) in [5.41, 5.74) is 2.09. The first-order chi connectivity index (χ1) is 8.84. The Kier molecular flexibility index (Phi) is 3.29. The predicted molar refractivity (Wildman–Crippen MR) is 77.0 cm³/mol. The maximum Gasteiger partial charge on any atom is 0.0366 e. The van der Waals surface area contributed by atoms with Crippen LogP contribution in [0.25, 0.3) is 0 Å². The maximum absolute atomic E-state index is 3.49. The minimum atomic E-state index is 0.702. The molecule has 1 aromatic rings. The highest BCUT2D eigenvalue weighted by atomic mass is 15.1. The molecule has 2 heteroatoms. The summed E-state index contributed by atoms with van der Waals surface area (Å²) in [5.74, 6) is 0.930. The molecule has 0 amide bonds. The molecule has 2 fully saturated rings. The van der Waals surface area contributed by atoms with E-state index < -0.39 is 0 Å². The molecule has 0 bridgehead atoms. The molecular formula is C16H24N2. The van der Waals surface area contributed by atoms with E-state index in [1.807, 2.05) is 0 Å². The third kappa shape index (κ3) is 2.26. The number of nitrogens with one attached hydrogen (secondary N) is 1. The van der Waals surface area contributed by atoms with Gasteiger partial charge in [0.05, 0.1) is 0 Å². The van der Waals surface area contributed by atoms with Gasteiger partial charge in [0.15, 0.2) is 0 Å². The lowest BCUT2D eigenvalue weighted by Gasteiger charge is -2.27. The molecule has 1 aliphatic heterocycles. The van der Waals surface area contributed by atoms with Crippen molar-refractivity contribution in [1.29, 1.82) is 0 Å². The van der Waals surface area contributed by atoms with E-state index in [0.717, 1.165) is 12.5 Å². The van der Waals surface area contributed by atoms with Gasteiger partial charge in [-0.1, -0.05) is 18.2 Å². The summed E-state index contributed by atoms with van der Waals surface area (Å²) < 4.78 is 0. The van der Waals surface area contributed by atoms with Gasteiger partial charge in [0.25, 0.3) is 0 Å². The number of benzene rings is 1. The number of hydrogen-bond donors (Lipinski definition) is 1. The Bertz CT molecular complexity index is 381. The quantitative estimate of drug-likeness (QED) is 0.876. The zero-order valence-corrected chi connectivity index (χ0v) is 11.4. The lowest BCUT2D eigenvalue weighted by Crippen LogP contribution is -2.32. The molecule has 18 heavy (non-hydrogen) atoms. The first-order valence-corrected chi connectivity index (χ1v) is 7.35. The van der Waals surface area contributed by atoms with Crippen molar-refractivity contribution in [2.24, 2.45) is 11.3 Å². The zero-order valence-electron chi connectivity index (χ0n) is 11.4. The molecule has 3 rings (SSSR count). The van der Waals surface area contributed by atoms with E-state index in [4.69, 9.17) is 0 Å². The molecule has 1 aliphatic carbocycles. The molecule has 2 nitrogen and oxygen atoms in total. The SMILES string of the molecule is CCN(CC1CC12CCNCC2)c1ccccc1. The largest absolute Gasteiger partial charge is 0.372 e. The van der Waals surface area contributed by atoms with Crippen LogP contribution in [0.1, 0.15) is 26.2 Å². The van der Waals surface area contributed by atoms with Crippen molar-refractivity contribution in [2.75, 3.05) is 31.1 Å². The topological polar surface area (TPSA) is 15.3 Å². The molecule has 1 heterocycles. The van der Waals surface area contributed by atoms with Crippen molar-refractivity contribution in [2.45, 2.75) is 26.2 Å². The van der Waals surface area contributed by atoms with E-state index in [1.54, 1.807) is 0 Å². The van der Waals surface area contributed by atoms with Gasteiger partial charge in [-0.3, -0.25) is 0 Å². The van der Waals surface area contributed by atoms with Crippen LogP contribution in [0.3, 0.4) is 0 Å². The third-order valence-corrected chi connectivity index (χ3v) is 4.90. The standard InChI is InChI=1S/C16H24N2/c1-2-18(15-6-4-3-5-7-15)13-14-12-16(14)8-10-17-11-9-16/h3-7,14,17H,2,8-13H2,1H3. The van der Waals surface area contributed by atoms with Crippen molar-refractivity contribution in [3.8, 4) is 0 Å². The monoisotopic (exact) mass is 244 g/mol. The molecule has 0 aromatic heterocycles. The third-order valence-electron chi connectivity index (χ3n) is 4.90. The molecule has 0 radical (unpaired) electrons. The summed E-state index contributed by atoms with van der Waals surface area (Å²) >= 11 is 0. The van der Waals surface area contributed by atoms with Gasteiger partial charge >= 0.3 is 0 Å². The second-order valence-electron chi connectivity index (χ2n) is 5.89. The van der Waals surface area contributed by atoms with Gasteiger partial charge in [0.2, 0.25) is 0 Å². The van der Waals surface area contributed by atoms with Crippen LogP contribution in [0.5, 0.6) is 0 Å². The van der Waals surface area contributed by atoms with Crippen molar-refractivity contribution < 1.29 is 0 Å². The Morgan fingerprint density at radius 2 is 1.94 bits per heavy atom. The second kappa shape index (κ2) is 4.93. The van der Waals surface area contributed by atoms with Gasteiger partial charge in [-0.05, 0) is 62.7 Å². The molecule has 1 saturated carbocycles. The van der Waals surface area contributed by atoms with Crippen LogP contribution in [-0.4, -0.2) is 26.2 Å². The molecule has 98 valence electrons. The molecule has 1 unspecified atom stereocenters. The van der Waals surface area contributed by atoms with Crippen molar-refractivity contribution in [3.05, 3.63) is 30.3 Å². The molecule has 1 N–H and O–H groups in total. The Balaban J connectivity index is 1.62. The molecule has 1 spiro atoms. The van der Waals surface area contributed by atoms with E-state index in [9.17, 15) is 0 Å². The van der Waals surface area contributed by atoms with Crippen LogP contribution in [0.4, 0.5) is 5.69 Å². The van der Waals surface area contributed by atoms with Gasteiger partial charge < -0.3 is 10.2 Å². The molecule has 1 atom stereocenters. The fraction of sp³-hybridized carbons (Fsp3) is 0.625. The average Bonchev–Trinajstić information content (AvgIpc) is 3.09. The normalized spacial score (nSPS) is 25.1. The lowest BCUT2D eigenvalue weighted by molar-refractivity contribution is 0.323. The number of hydrogen-bond acceptors (Lipinski definition) is 2. The van der Waals surface area contributed by atoms with E-state index in [-0.39, 0.29) is 0 Å². The molecule has 2 aliphatic rings. The summed E-state index contributed by atoms with van der Waals surface area (Å²) in [7, 11) is 0. The Hall–Kier alpha value is -1.02. The van der Waals surface area contributed by atoms with Crippen molar-refractivity contribution >= 4 is 5.69 Å². The van der Waals surface area contributed by atoms with Gasteiger partial charge in [0, 0.05) is 18.8 Å². The number of para-hydroxylation sites is 1. The van der Waals surface area contributed by atoms with Crippen LogP contribution in [-0.2, 0) is 0 Å². The Morgan fingerprint density at radius 1 is 1.22 bits per heavy atom. The highest BCUT2D eigenvalue weighted by Gasteiger charge is 2.53. The van der Waals surface area contributed by atoms with Crippen LogP contribution in [0.15, 0.2) is 30.3 Å². The highest BCUT2D eigenvalue weighted by Crippen LogP contribution is 2.58. The number of nitrogens with zero attached hydrogens (tertiary/aromatic N) is 1. The van der Waals surface area contributed by atoms with E-state index in [0.29, 0.717) is 5.41 Å². The van der Waals surface area contributed by atoms with E-state index >= 15 is 0 Å². The molecule has 1 saturated heterocycles. The zero-order chi connectivity index (χ0) is 12.4. The van der Waals surface area contributed by atoms with Crippen molar-refractivity contribution in [3.63, 3.8) is 0 Å². The maximum atomic E-state index is 3.49. The minimum Gasteiger partial charge on any atom is -0.372 e. The van der Waals surface area contributed by atoms with E-state index in [2.05, 4.69) is 47.5 Å². The molecular weight excluding hydrogens is 220 g/mol. The summed E-state index contributed by atoms with van der Waals surface area (Å²) in [4.78, 5) is 2.54. The lowest BCUT2D eigenvalue weighted by atomic mass is 9.92. The average molecular weight is 244 g/mol. The van der Waals surface area contributed by atoms with Gasteiger partial charge in [-0.25, -0.2) is 0 Å². The highest BCUT2D eigenvalue weighted by molar-refractivity contribution is 5.46. The van der Waals surface area contributed by atoms with Crippen molar-refractivity contribution in [1.82, 2.24) is 5.32 Å². The van der Waals surface area contributed by atoms with Crippen LogP contribution in [0.2, 0.25) is 0 Å². The second-order valence-corrected chi connectivity index (χ2v) is 5.89. The van der Waals surface area contributed by atoms with Crippen LogP contribution < -0.4 is 10.2 Å². The van der Waals surface area contributed by atoms with Crippen LogP contribution >= 0.6 is 0 Å². The van der Waals surface area contributed by atoms with Gasteiger partial charge in [-0.2, -0.15) is 0 Å². The summed E-state index contributed by atoms with van der Waals surface area (Å²) in [6.45, 7) is 7.10. The van der Waals surface area contributed by atoms with Gasteiger partial charge in [0.1, 0.15) is 0 Å². The smallest absolute Gasteiger partial charge is 0.0366 e. The summed E-state index contributed by atoms with van der Waals surface area (Å²) in [6.07, 6.45) is 4.24. The summed E-state index contributed by atoms with van der Waals surface area (Å²) in [6, 6.07) is 10.9. The first-order valence-electron chi connectivity index (χ1n) is 7.35. The van der Waals surface area contributed by atoms with E-state index in [1.165, 1.54) is 44.6 Å². The Labute approximate surface area is 110 Å².